The minimum atomic E-state index is -0.426. The Morgan fingerprint density at radius 2 is 2.31 bits per heavy atom. The van der Waals surface area contributed by atoms with E-state index >= 15 is 0 Å². The van der Waals surface area contributed by atoms with E-state index in [1.165, 1.54) is 0 Å². The molecular formula is C11H9BrClNO2. The fourth-order valence-corrected chi connectivity index (χ4v) is 1.92. The molecule has 0 saturated carbocycles. The smallest absolute Gasteiger partial charge is 0.339 e. The molecule has 3 nitrogen and oxygen atoms in total. The second-order valence-electron chi connectivity index (χ2n) is 2.96. The zero-order valence-electron chi connectivity index (χ0n) is 8.59. The molecule has 0 aromatic heterocycles. The minimum Gasteiger partial charge on any atom is -0.462 e. The second kappa shape index (κ2) is 5.88. The van der Waals surface area contributed by atoms with Crippen LogP contribution in [0.1, 0.15) is 28.4 Å². The van der Waals surface area contributed by atoms with Crippen molar-refractivity contribution in [3.8, 4) is 6.07 Å². The monoisotopic (exact) mass is 301 g/mol. The number of alkyl halides is 1. The summed E-state index contributed by atoms with van der Waals surface area (Å²) in [6.45, 7) is 2.04. The van der Waals surface area contributed by atoms with Gasteiger partial charge in [0, 0.05) is 10.4 Å². The Morgan fingerprint density at radius 3 is 2.81 bits per heavy atom. The van der Waals surface area contributed by atoms with Crippen molar-refractivity contribution >= 4 is 33.5 Å². The first-order valence-electron chi connectivity index (χ1n) is 4.59. The van der Waals surface area contributed by atoms with E-state index in [2.05, 4.69) is 15.9 Å². The van der Waals surface area contributed by atoms with E-state index in [4.69, 9.17) is 21.6 Å². The number of ether oxygens (including phenoxy) is 1. The van der Waals surface area contributed by atoms with Gasteiger partial charge >= 0.3 is 5.97 Å². The number of rotatable bonds is 3. The van der Waals surface area contributed by atoms with Crippen molar-refractivity contribution < 1.29 is 9.53 Å². The van der Waals surface area contributed by atoms with Gasteiger partial charge in [0.15, 0.2) is 0 Å². The summed E-state index contributed by atoms with van der Waals surface area (Å²) in [6, 6.07) is 5.17. The Kier molecular flexibility index (Phi) is 4.78. The van der Waals surface area contributed by atoms with Crippen molar-refractivity contribution in [3.63, 3.8) is 0 Å². The number of nitriles is 1. The molecule has 0 amide bonds. The van der Waals surface area contributed by atoms with Gasteiger partial charge in [0.05, 0.1) is 23.8 Å². The van der Waals surface area contributed by atoms with Gasteiger partial charge in [-0.2, -0.15) is 5.26 Å². The van der Waals surface area contributed by atoms with Crippen LogP contribution >= 0.6 is 27.5 Å². The van der Waals surface area contributed by atoms with E-state index in [9.17, 15) is 4.79 Å². The summed E-state index contributed by atoms with van der Waals surface area (Å²) in [6.07, 6.45) is 0. The lowest BCUT2D eigenvalue weighted by atomic mass is 10.1. The van der Waals surface area contributed by atoms with Crippen molar-refractivity contribution in [2.24, 2.45) is 0 Å². The standard InChI is InChI=1S/C11H9BrClNO2/c1-2-16-11(15)9-3-7(5-13)8(6-14)4-10(9)12/h3-4H,2,5H2,1H3. The summed E-state index contributed by atoms with van der Waals surface area (Å²) in [4.78, 5) is 11.6. The Morgan fingerprint density at radius 1 is 1.62 bits per heavy atom. The third kappa shape index (κ3) is 2.75. The largest absolute Gasteiger partial charge is 0.462 e. The SMILES string of the molecule is CCOC(=O)c1cc(CCl)c(C#N)cc1Br. The molecule has 0 radical (unpaired) electrons. The highest BCUT2D eigenvalue weighted by atomic mass is 79.9. The Hall–Kier alpha value is -1.05. The van der Waals surface area contributed by atoms with Crippen LogP contribution in [0.25, 0.3) is 0 Å². The fraction of sp³-hybridized carbons (Fsp3) is 0.273. The van der Waals surface area contributed by atoms with E-state index in [0.29, 0.717) is 27.8 Å². The van der Waals surface area contributed by atoms with Crippen LogP contribution in [0.15, 0.2) is 16.6 Å². The Labute approximate surface area is 107 Å². The van der Waals surface area contributed by atoms with Gasteiger partial charge in [-0.3, -0.25) is 0 Å². The molecule has 0 bridgehead atoms. The van der Waals surface area contributed by atoms with Crippen molar-refractivity contribution in [1.29, 1.82) is 5.26 Å². The number of carbonyl (C=O) groups excluding carboxylic acids is 1. The predicted molar refractivity (Wildman–Crippen MR) is 64.4 cm³/mol. The van der Waals surface area contributed by atoms with Gasteiger partial charge in [0.25, 0.3) is 0 Å². The average Bonchev–Trinajstić information content (AvgIpc) is 2.28. The molecule has 0 unspecified atom stereocenters. The lowest BCUT2D eigenvalue weighted by Crippen LogP contribution is -2.06. The summed E-state index contributed by atoms with van der Waals surface area (Å²) < 4.78 is 5.43. The van der Waals surface area contributed by atoms with Crippen LogP contribution in [0.3, 0.4) is 0 Å². The first kappa shape index (κ1) is 13.0. The molecule has 84 valence electrons. The maximum atomic E-state index is 11.6. The lowest BCUT2D eigenvalue weighted by molar-refractivity contribution is 0.0525. The normalized spacial score (nSPS) is 9.62. The van der Waals surface area contributed by atoms with Gasteiger partial charge < -0.3 is 4.74 Å². The van der Waals surface area contributed by atoms with Gasteiger partial charge in [0.2, 0.25) is 0 Å². The number of hydrogen-bond donors (Lipinski definition) is 0. The van der Waals surface area contributed by atoms with Crippen molar-refractivity contribution in [2.75, 3.05) is 6.61 Å². The Bertz CT molecular complexity index is 454. The molecule has 16 heavy (non-hydrogen) atoms. The van der Waals surface area contributed by atoms with Crippen LogP contribution in [-0.4, -0.2) is 12.6 Å². The summed E-state index contributed by atoms with van der Waals surface area (Å²) in [5.41, 5.74) is 1.46. The van der Waals surface area contributed by atoms with Crippen LogP contribution in [0, 0.1) is 11.3 Å². The minimum absolute atomic E-state index is 0.183. The average molecular weight is 303 g/mol. The molecule has 1 aromatic carbocycles. The summed E-state index contributed by atoms with van der Waals surface area (Å²) >= 11 is 8.93. The zero-order valence-corrected chi connectivity index (χ0v) is 10.9. The van der Waals surface area contributed by atoms with Crippen LogP contribution in [0.4, 0.5) is 0 Å². The number of benzene rings is 1. The molecular weight excluding hydrogens is 293 g/mol. The van der Waals surface area contributed by atoms with E-state index in [1.807, 2.05) is 6.07 Å². The van der Waals surface area contributed by atoms with Crippen LogP contribution < -0.4 is 0 Å². The number of esters is 1. The second-order valence-corrected chi connectivity index (χ2v) is 4.08. The molecule has 1 rings (SSSR count). The molecule has 1 aromatic rings. The number of hydrogen-bond acceptors (Lipinski definition) is 3. The molecule has 0 heterocycles. The molecule has 0 spiro atoms. The van der Waals surface area contributed by atoms with Crippen molar-refractivity contribution in [2.45, 2.75) is 12.8 Å². The molecule has 5 heteroatoms. The maximum absolute atomic E-state index is 11.6. The topological polar surface area (TPSA) is 50.1 Å². The van der Waals surface area contributed by atoms with E-state index in [-0.39, 0.29) is 5.88 Å². The number of carbonyl (C=O) groups is 1. The molecule has 0 saturated heterocycles. The number of halogens is 2. The van der Waals surface area contributed by atoms with Gasteiger partial charge in [0.1, 0.15) is 0 Å². The van der Waals surface area contributed by atoms with E-state index in [1.54, 1.807) is 19.1 Å². The summed E-state index contributed by atoms with van der Waals surface area (Å²) in [5.74, 6) is -0.243. The predicted octanol–water partition coefficient (Wildman–Crippen LogP) is 3.24. The van der Waals surface area contributed by atoms with Gasteiger partial charge in [-0.05, 0) is 40.5 Å². The van der Waals surface area contributed by atoms with Crippen LogP contribution in [0.5, 0.6) is 0 Å². The quantitative estimate of drug-likeness (QED) is 0.636. The molecule has 0 atom stereocenters. The fourth-order valence-electron chi connectivity index (χ4n) is 1.20. The van der Waals surface area contributed by atoms with E-state index < -0.39 is 5.97 Å². The molecule has 0 N–H and O–H groups in total. The Balaban J connectivity index is 3.22. The first-order chi connectivity index (χ1) is 7.63. The summed E-state index contributed by atoms with van der Waals surface area (Å²) in [7, 11) is 0. The van der Waals surface area contributed by atoms with Crippen molar-refractivity contribution in [1.82, 2.24) is 0 Å². The van der Waals surface area contributed by atoms with Gasteiger partial charge in [-0.25, -0.2) is 4.79 Å². The van der Waals surface area contributed by atoms with Gasteiger partial charge in [-0.1, -0.05) is 0 Å². The lowest BCUT2D eigenvalue weighted by Gasteiger charge is -2.07. The number of nitrogens with zero attached hydrogens (tertiary/aromatic N) is 1. The van der Waals surface area contributed by atoms with Crippen LogP contribution in [0.2, 0.25) is 0 Å². The third-order valence-electron chi connectivity index (χ3n) is 1.95. The van der Waals surface area contributed by atoms with E-state index in [0.717, 1.165) is 0 Å². The highest BCUT2D eigenvalue weighted by Gasteiger charge is 2.14. The van der Waals surface area contributed by atoms with Crippen LogP contribution in [-0.2, 0) is 10.6 Å². The molecule has 0 aliphatic carbocycles. The first-order valence-corrected chi connectivity index (χ1v) is 5.92. The molecule has 0 aliphatic heterocycles. The highest BCUT2D eigenvalue weighted by molar-refractivity contribution is 9.10. The highest BCUT2D eigenvalue weighted by Crippen LogP contribution is 2.23. The summed E-state index contributed by atoms with van der Waals surface area (Å²) in [5, 5.41) is 8.86. The zero-order chi connectivity index (χ0) is 12.1. The van der Waals surface area contributed by atoms with Crippen molar-refractivity contribution in [3.05, 3.63) is 33.3 Å². The molecule has 0 aliphatic rings. The third-order valence-corrected chi connectivity index (χ3v) is 2.90. The maximum Gasteiger partial charge on any atom is 0.339 e. The molecule has 0 fully saturated rings. The van der Waals surface area contributed by atoms with Gasteiger partial charge in [-0.15, -0.1) is 11.6 Å².